The Balaban J connectivity index is 0.000000995. The van der Waals surface area contributed by atoms with Crippen molar-refractivity contribution in [2.24, 2.45) is 0 Å². The van der Waals surface area contributed by atoms with Crippen LogP contribution >= 0.6 is 22.6 Å². The fraction of sp³-hybridized carbons (Fsp3) is 0.200. The van der Waals surface area contributed by atoms with E-state index in [0.717, 1.165) is 108 Å². The van der Waals surface area contributed by atoms with E-state index < -0.39 is 0 Å². The van der Waals surface area contributed by atoms with Crippen molar-refractivity contribution in [2.45, 2.75) is 60.8 Å². The molecule has 0 unspecified atom stereocenters. The lowest BCUT2D eigenvalue weighted by atomic mass is 9.94. The number of fused-ring (bicyclic) bond motifs is 4. The first-order chi connectivity index (χ1) is 30.0. The van der Waals surface area contributed by atoms with Crippen LogP contribution in [0.2, 0.25) is 0 Å². The van der Waals surface area contributed by atoms with E-state index in [-0.39, 0.29) is 0 Å². The van der Waals surface area contributed by atoms with E-state index in [2.05, 4.69) is 169 Å². The highest BCUT2D eigenvalue weighted by molar-refractivity contribution is 14.1. The van der Waals surface area contributed by atoms with Crippen molar-refractivity contribution >= 4 is 78.6 Å². The van der Waals surface area contributed by atoms with Crippen LogP contribution in [-0.4, -0.2) is 31.9 Å². The zero-order valence-electron chi connectivity index (χ0n) is 36.6. The summed E-state index contributed by atoms with van der Waals surface area (Å²) in [6.45, 7) is 12.3. The Morgan fingerprint density at radius 3 is 2.10 bits per heavy atom. The molecule has 9 rings (SSSR count). The first-order valence-electron chi connectivity index (χ1n) is 21.2. The van der Waals surface area contributed by atoms with Gasteiger partial charge in [-0.2, -0.15) is 0 Å². The molecule has 306 valence electrons. The summed E-state index contributed by atoms with van der Waals surface area (Å²) in [6.07, 6.45) is 16.7. The largest absolute Gasteiger partial charge is 0.386 e. The van der Waals surface area contributed by atoms with Crippen molar-refractivity contribution in [3.63, 3.8) is 0 Å². The van der Waals surface area contributed by atoms with Gasteiger partial charge in [0.05, 0.1) is 39.2 Å². The zero-order chi connectivity index (χ0) is 43.5. The Morgan fingerprint density at radius 2 is 1.39 bits per heavy atom. The second-order valence-corrected chi connectivity index (χ2v) is 14.2. The molecule has 4 aromatic carbocycles. The van der Waals surface area contributed by atoms with Crippen LogP contribution in [0.1, 0.15) is 63.4 Å². The van der Waals surface area contributed by atoms with Crippen molar-refractivity contribution in [3.05, 3.63) is 154 Å². The van der Waals surface area contributed by atoms with Crippen LogP contribution in [0.4, 0.5) is 5.69 Å². The van der Waals surface area contributed by atoms with Crippen molar-refractivity contribution in [1.82, 2.24) is 19.9 Å². The molecular weight excluding hydrogens is 858 g/mol. The SMILES string of the molecule is C#C/C=c1/nc(-c2cnc3c(c2)C(C)=CCC3)cc/c1=C/Cc1ccc2nc(-c3ccc(-c4ccc5ccc(C)c(NC)c5n4)c4ccccc34)ccc2c1.CC.CC.CI. The Bertz CT molecular complexity index is 3050. The van der Waals surface area contributed by atoms with Crippen LogP contribution < -0.4 is 15.9 Å². The molecule has 0 saturated heterocycles. The fourth-order valence-corrected chi connectivity index (χ4v) is 7.90. The number of rotatable bonds is 6. The van der Waals surface area contributed by atoms with Crippen LogP contribution in [0.3, 0.4) is 0 Å². The minimum Gasteiger partial charge on any atom is -0.386 e. The molecule has 0 fully saturated rings. The Labute approximate surface area is 375 Å². The molecule has 0 spiro atoms. The average Bonchev–Trinajstić information content (AvgIpc) is 3.32. The predicted octanol–water partition coefficient (Wildman–Crippen LogP) is 13.0. The van der Waals surface area contributed by atoms with Gasteiger partial charge in [0.2, 0.25) is 0 Å². The van der Waals surface area contributed by atoms with E-state index in [9.17, 15) is 0 Å². The lowest BCUT2D eigenvalue weighted by molar-refractivity contribution is 0.918. The van der Waals surface area contributed by atoms with Gasteiger partial charge in [-0.05, 0) is 113 Å². The number of hydrogen-bond donors (Lipinski definition) is 1. The Kier molecular flexibility index (Phi) is 15.2. The van der Waals surface area contributed by atoms with Gasteiger partial charge in [-0.25, -0.2) is 15.0 Å². The number of halogens is 1. The number of aryl methyl sites for hydroxylation is 2. The third-order valence-electron chi connectivity index (χ3n) is 10.8. The molecule has 6 heteroatoms. The minimum absolute atomic E-state index is 0.735. The summed E-state index contributed by atoms with van der Waals surface area (Å²) in [6, 6.07) is 38.6. The monoisotopic (exact) mass is 911 g/mol. The standard InChI is InChI=1S/C50H39N5.2C2H6.CH3I/c1-5-9-43-34(19-25-45(53-43)37-29-42-31(2)10-8-13-46(42)52-30-37)18-15-33-16-24-44-36(28-33)21-27-47(54-44)40-22-23-41(39-12-7-6-11-38(39)40)48-26-20-35-17-14-32(3)49(51-4)50(35)55-48;3*1-2/h1,6-7,9-12,14,16-30,51H,8,13,15H2,2-4H3;2*1-2H3;1H3/b34-18-,43-9+;;;. The topological polar surface area (TPSA) is 63.6 Å². The summed E-state index contributed by atoms with van der Waals surface area (Å²) in [4.78, 5) is 22.0. The molecule has 4 aromatic heterocycles. The summed E-state index contributed by atoms with van der Waals surface area (Å²) < 4.78 is 0. The van der Waals surface area contributed by atoms with Crippen molar-refractivity contribution in [2.75, 3.05) is 17.3 Å². The number of alkyl halides is 1. The van der Waals surface area contributed by atoms with E-state index in [1.54, 1.807) is 6.08 Å². The van der Waals surface area contributed by atoms with Crippen LogP contribution in [0.25, 0.3) is 84.1 Å². The second kappa shape index (κ2) is 20.9. The molecule has 1 aliphatic carbocycles. The van der Waals surface area contributed by atoms with Crippen LogP contribution in [0, 0.1) is 19.3 Å². The van der Waals surface area contributed by atoms with Crippen LogP contribution in [-0.2, 0) is 12.8 Å². The molecule has 4 heterocycles. The number of hydrogen-bond acceptors (Lipinski definition) is 5. The van der Waals surface area contributed by atoms with Gasteiger partial charge in [0.15, 0.2) is 0 Å². The van der Waals surface area contributed by atoms with Crippen LogP contribution in [0.15, 0.2) is 121 Å². The van der Waals surface area contributed by atoms with Gasteiger partial charge in [-0.1, -0.05) is 141 Å². The molecule has 0 saturated carbocycles. The number of benzene rings is 4. The van der Waals surface area contributed by atoms with Gasteiger partial charge in [0.25, 0.3) is 0 Å². The number of terminal acetylenes is 1. The number of nitrogens with zero attached hydrogens (tertiary/aromatic N) is 4. The molecule has 0 aliphatic heterocycles. The highest BCUT2D eigenvalue weighted by Gasteiger charge is 2.15. The molecule has 1 aliphatic rings. The minimum atomic E-state index is 0.735. The lowest BCUT2D eigenvalue weighted by Gasteiger charge is -2.15. The van der Waals surface area contributed by atoms with Gasteiger partial charge < -0.3 is 5.32 Å². The fourth-order valence-electron chi connectivity index (χ4n) is 7.90. The number of anilines is 1. The Hall–Kier alpha value is -6.17. The van der Waals surface area contributed by atoms with Gasteiger partial charge in [-0.3, -0.25) is 4.98 Å². The zero-order valence-corrected chi connectivity index (χ0v) is 38.7. The molecule has 5 nitrogen and oxygen atoms in total. The molecule has 0 amide bonds. The third-order valence-corrected chi connectivity index (χ3v) is 10.8. The van der Waals surface area contributed by atoms with Crippen LogP contribution in [0.5, 0.6) is 0 Å². The molecule has 0 radical (unpaired) electrons. The van der Waals surface area contributed by atoms with E-state index in [1.807, 2.05) is 45.9 Å². The van der Waals surface area contributed by atoms with E-state index in [4.69, 9.17) is 26.4 Å². The van der Waals surface area contributed by atoms with Gasteiger partial charge in [-0.15, -0.1) is 6.42 Å². The smallest absolute Gasteiger partial charge is 0.0943 e. The van der Waals surface area contributed by atoms with Crippen molar-refractivity contribution < 1.29 is 0 Å². The van der Waals surface area contributed by atoms with Gasteiger partial charge in [0.1, 0.15) is 0 Å². The number of nitrogens with one attached hydrogen (secondary N) is 1. The highest BCUT2D eigenvalue weighted by Crippen LogP contribution is 2.37. The maximum atomic E-state index is 5.76. The molecule has 8 aromatic rings. The summed E-state index contributed by atoms with van der Waals surface area (Å²) in [5.41, 5.74) is 14.9. The molecule has 0 atom stereocenters. The van der Waals surface area contributed by atoms with E-state index >= 15 is 0 Å². The second-order valence-electron chi connectivity index (χ2n) is 14.2. The average molecular weight is 912 g/mol. The number of allylic oxidation sites excluding steroid dienone is 2. The lowest BCUT2D eigenvalue weighted by Crippen LogP contribution is -2.28. The quantitative estimate of drug-likeness (QED) is 0.102. The number of aromatic nitrogens is 4. The Morgan fingerprint density at radius 1 is 0.721 bits per heavy atom. The molecular formula is C55H54IN5. The maximum absolute atomic E-state index is 5.76. The first-order valence-corrected chi connectivity index (χ1v) is 23.3. The summed E-state index contributed by atoms with van der Waals surface area (Å²) in [5, 5.41) is 9.65. The number of pyridine rings is 4. The normalized spacial score (nSPS) is 12.2. The van der Waals surface area contributed by atoms with Crippen molar-refractivity contribution in [1.29, 1.82) is 0 Å². The summed E-state index contributed by atoms with van der Waals surface area (Å²) in [5.74, 6) is 2.69. The van der Waals surface area contributed by atoms with Gasteiger partial charge >= 0.3 is 0 Å². The highest BCUT2D eigenvalue weighted by atomic mass is 127. The maximum Gasteiger partial charge on any atom is 0.0943 e. The predicted molar refractivity (Wildman–Crippen MR) is 273 cm³/mol. The third kappa shape index (κ3) is 9.43. The van der Waals surface area contributed by atoms with E-state index in [1.165, 1.54) is 22.3 Å². The van der Waals surface area contributed by atoms with Gasteiger partial charge in [0, 0.05) is 52.5 Å². The summed E-state index contributed by atoms with van der Waals surface area (Å²) in [7, 11) is 1.96. The molecule has 1 N–H and O–H groups in total. The molecule has 61 heavy (non-hydrogen) atoms. The molecule has 0 bridgehead atoms. The first kappa shape index (κ1) is 44.4. The summed E-state index contributed by atoms with van der Waals surface area (Å²) >= 11 is 2.15. The van der Waals surface area contributed by atoms with Crippen molar-refractivity contribution in [3.8, 4) is 46.1 Å². The van der Waals surface area contributed by atoms with E-state index in [0.29, 0.717) is 0 Å².